The molecule has 0 unspecified atom stereocenters. The molecule has 1 fully saturated rings. The number of carbonyl (C=O) groups is 1. The van der Waals surface area contributed by atoms with Crippen molar-refractivity contribution < 1.29 is 22.9 Å². The van der Waals surface area contributed by atoms with Crippen LogP contribution in [-0.4, -0.2) is 47.9 Å². The summed E-state index contributed by atoms with van der Waals surface area (Å²) in [6, 6.07) is 2.46. The first kappa shape index (κ1) is 17.1. The van der Waals surface area contributed by atoms with E-state index in [0.29, 0.717) is 12.1 Å². The molecule has 0 bridgehead atoms. The van der Waals surface area contributed by atoms with Gasteiger partial charge in [0, 0.05) is 13.0 Å². The SMILES string of the molecule is Cc1ccc(O[C@@H](C)C(=O)N[C@@H]2CCS(=O)(=O)C2)c([N+](=O)[O-])n1. The highest BCUT2D eigenvalue weighted by atomic mass is 32.2. The lowest BCUT2D eigenvalue weighted by atomic mass is 10.2. The number of hydrogen-bond donors (Lipinski definition) is 1. The topological polar surface area (TPSA) is 128 Å². The summed E-state index contributed by atoms with van der Waals surface area (Å²) in [7, 11) is -3.10. The lowest BCUT2D eigenvalue weighted by Crippen LogP contribution is -2.43. The molecule has 1 amide bonds. The van der Waals surface area contributed by atoms with Crippen LogP contribution in [0, 0.1) is 17.0 Å². The summed E-state index contributed by atoms with van der Waals surface area (Å²) in [6.07, 6.45) is -0.658. The molecule has 2 rings (SSSR count). The van der Waals surface area contributed by atoms with E-state index in [1.54, 1.807) is 6.92 Å². The number of rotatable bonds is 5. The highest BCUT2D eigenvalue weighted by Crippen LogP contribution is 2.25. The number of nitro groups is 1. The van der Waals surface area contributed by atoms with E-state index in [-0.39, 0.29) is 17.3 Å². The molecule has 2 atom stereocenters. The average Bonchev–Trinajstić information content (AvgIpc) is 2.79. The van der Waals surface area contributed by atoms with Crippen molar-refractivity contribution in [2.45, 2.75) is 32.4 Å². The van der Waals surface area contributed by atoms with E-state index in [4.69, 9.17) is 4.74 Å². The quantitative estimate of drug-likeness (QED) is 0.604. The Morgan fingerprint density at radius 2 is 2.22 bits per heavy atom. The highest BCUT2D eigenvalue weighted by molar-refractivity contribution is 7.91. The number of aromatic nitrogens is 1. The van der Waals surface area contributed by atoms with Crippen molar-refractivity contribution >= 4 is 21.6 Å². The van der Waals surface area contributed by atoms with Crippen LogP contribution in [0.1, 0.15) is 19.0 Å². The molecule has 0 aliphatic carbocycles. The Labute approximate surface area is 133 Å². The number of pyridine rings is 1. The van der Waals surface area contributed by atoms with Gasteiger partial charge in [-0.15, -0.1) is 0 Å². The number of amides is 1. The third kappa shape index (κ3) is 4.38. The van der Waals surface area contributed by atoms with Crippen LogP contribution in [0.25, 0.3) is 0 Å². The van der Waals surface area contributed by atoms with Gasteiger partial charge in [-0.25, -0.2) is 8.42 Å². The fourth-order valence-corrected chi connectivity index (χ4v) is 3.90. The Bertz CT molecular complexity index is 733. The fraction of sp³-hybridized carbons (Fsp3) is 0.538. The van der Waals surface area contributed by atoms with Crippen LogP contribution in [0.3, 0.4) is 0 Å². The Kier molecular flexibility index (Phi) is 4.83. The summed E-state index contributed by atoms with van der Waals surface area (Å²) in [6.45, 7) is 3.04. The maximum atomic E-state index is 12.0. The van der Waals surface area contributed by atoms with Gasteiger partial charge in [0.05, 0.1) is 11.5 Å². The van der Waals surface area contributed by atoms with Gasteiger partial charge >= 0.3 is 5.82 Å². The fourth-order valence-electron chi connectivity index (χ4n) is 2.22. The second-order valence-electron chi connectivity index (χ2n) is 5.40. The number of nitrogens with one attached hydrogen (secondary N) is 1. The van der Waals surface area contributed by atoms with Crippen LogP contribution >= 0.6 is 0 Å². The molecule has 0 radical (unpaired) electrons. The molecular formula is C13H17N3O6S. The minimum Gasteiger partial charge on any atom is -0.473 e. The summed E-state index contributed by atoms with van der Waals surface area (Å²) >= 11 is 0. The Morgan fingerprint density at radius 1 is 1.52 bits per heavy atom. The molecule has 2 heterocycles. The summed E-state index contributed by atoms with van der Waals surface area (Å²) in [5.41, 5.74) is 0.456. The molecule has 0 spiro atoms. The molecule has 126 valence electrons. The lowest BCUT2D eigenvalue weighted by molar-refractivity contribution is -0.390. The van der Waals surface area contributed by atoms with Crippen LogP contribution in [0.5, 0.6) is 5.75 Å². The van der Waals surface area contributed by atoms with Gasteiger partial charge < -0.3 is 20.2 Å². The van der Waals surface area contributed by atoms with Gasteiger partial charge in [0.2, 0.25) is 5.75 Å². The Morgan fingerprint density at radius 3 is 2.78 bits per heavy atom. The second-order valence-corrected chi connectivity index (χ2v) is 7.63. The number of aryl methyl sites for hydroxylation is 1. The van der Waals surface area contributed by atoms with Crippen LogP contribution in [0.2, 0.25) is 0 Å². The lowest BCUT2D eigenvalue weighted by Gasteiger charge is -2.17. The molecule has 1 saturated heterocycles. The van der Waals surface area contributed by atoms with E-state index >= 15 is 0 Å². The number of carbonyl (C=O) groups excluding carboxylic acids is 1. The van der Waals surface area contributed by atoms with Gasteiger partial charge in [0.1, 0.15) is 5.69 Å². The zero-order valence-electron chi connectivity index (χ0n) is 12.7. The van der Waals surface area contributed by atoms with Gasteiger partial charge in [-0.3, -0.25) is 4.79 Å². The first-order chi connectivity index (χ1) is 10.7. The zero-order valence-corrected chi connectivity index (χ0v) is 13.5. The molecule has 1 aliphatic heterocycles. The first-order valence-corrected chi connectivity index (χ1v) is 8.79. The molecule has 1 N–H and O–H groups in total. The van der Waals surface area contributed by atoms with E-state index in [1.165, 1.54) is 19.1 Å². The predicted octanol–water partition coefficient (Wildman–Crippen LogP) is 0.369. The summed E-state index contributed by atoms with van der Waals surface area (Å²) in [4.78, 5) is 26.1. The van der Waals surface area contributed by atoms with E-state index in [9.17, 15) is 23.3 Å². The normalized spacial score (nSPS) is 20.7. The predicted molar refractivity (Wildman–Crippen MR) is 80.9 cm³/mol. The van der Waals surface area contributed by atoms with Crippen molar-refractivity contribution in [1.82, 2.24) is 10.3 Å². The third-order valence-corrected chi connectivity index (χ3v) is 5.17. The van der Waals surface area contributed by atoms with E-state index in [1.807, 2.05) is 0 Å². The number of ether oxygens (including phenoxy) is 1. The molecule has 0 aromatic carbocycles. The van der Waals surface area contributed by atoms with Crippen molar-refractivity contribution in [3.05, 3.63) is 27.9 Å². The van der Waals surface area contributed by atoms with E-state index in [0.717, 1.165) is 0 Å². The average molecular weight is 343 g/mol. The molecule has 1 aliphatic rings. The summed E-state index contributed by atoms with van der Waals surface area (Å²) in [5.74, 6) is -1.16. The minimum atomic E-state index is -3.10. The number of sulfone groups is 1. The second kappa shape index (κ2) is 6.49. The molecule has 9 nitrogen and oxygen atoms in total. The van der Waals surface area contributed by atoms with Gasteiger partial charge in [-0.1, -0.05) is 0 Å². The first-order valence-electron chi connectivity index (χ1n) is 6.97. The standard InChI is InChI=1S/C13H17N3O6S/c1-8-3-4-11(12(14-8)16(18)19)22-9(2)13(17)15-10-5-6-23(20,21)7-10/h3-4,9-10H,5-7H2,1-2H3,(H,15,17)/t9-,10+/m0/s1. The van der Waals surface area contributed by atoms with Crippen molar-refractivity contribution in [1.29, 1.82) is 0 Å². The van der Waals surface area contributed by atoms with Gasteiger partial charge in [0.15, 0.2) is 15.9 Å². The van der Waals surface area contributed by atoms with Crippen LogP contribution in [-0.2, 0) is 14.6 Å². The largest absolute Gasteiger partial charge is 0.473 e. The molecule has 0 saturated carbocycles. The molecule has 23 heavy (non-hydrogen) atoms. The van der Waals surface area contributed by atoms with E-state index < -0.39 is 38.6 Å². The van der Waals surface area contributed by atoms with Crippen LogP contribution < -0.4 is 10.1 Å². The monoisotopic (exact) mass is 343 g/mol. The van der Waals surface area contributed by atoms with Gasteiger partial charge in [0.25, 0.3) is 5.91 Å². The Balaban J connectivity index is 2.03. The van der Waals surface area contributed by atoms with Gasteiger partial charge in [-0.2, -0.15) is 0 Å². The van der Waals surface area contributed by atoms with Crippen LogP contribution in [0.4, 0.5) is 5.82 Å². The van der Waals surface area contributed by atoms with Crippen molar-refractivity contribution in [2.24, 2.45) is 0 Å². The number of hydrogen-bond acceptors (Lipinski definition) is 7. The summed E-state index contributed by atoms with van der Waals surface area (Å²) < 4.78 is 28.1. The maximum Gasteiger partial charge on any atom is 0.406 e. The number of nitrogens with zero attached hydrogens (tertiary/aromatic N) is 2. The van der Waals surface area contributed by atoms with Crippen molar-refractivity contribution in [2.75, 3.05) is 11.5 Å². The summed E-state index contributed by atoms with van der Waals surface area (Å²) in [5, 5.41) is 13.6. The minimum absolute atomic E-state index is 0.0422. The smallest absolute Gasteiger partial charge is 0.406 e. The molecule has 1 aromatic heterocycles. The zero-order chi connectivity index (χ0) is 17.2. The maximum absolute atomic E-state index is 12.0. The van der Waals surface area contributed by atoms with Gasteiger partial charge in [-0.05, 0) is 35.4 Å². The van der Waals surface area contributed by atoms with E-state index in [2.05, 4.69) is 10.3 Å². The molecular weight excluding hydrogens is 326 g/mol. The molecule has 1 aromatic rings. The van der Waals surface area contributed by atoms with Crippen LogP contribution in [0.15, 0.2) is 12.1 Å². The van der Waals surface area contributed by atoms with Crippen molar-refractivity contribution in [3.8, 4) is 5.75 Å². The Hall–Kier alpha value is -2.23. The highest BCUT2D eigenvalue weighted by Gasteiger charge is 2.31. The third-order valence-electron chi connectivity index (χ3n) is 3.40. The molecule has 10 heteroatoms. The van der Waals surface area contributed by atoms with Crippen molar-refractivity contribution in [3.63, 3.8) is 0 Å².